The Kier molecular flexibility index (Phi) is 6.44. The summed E-state index contributed by atoms with van der Waals surface area (Å²) >= 11 is 24.1. The molecule has 0 fully saturated rings. The largest absolute Gasteiger partial charge is 0.323 e. The molecule has 0 aromatic heterocycles. The van der Waals surface area contributed by atoms with Crippen LogP contribution in [0.15, 0.2) is 30.3 Å². The van der Waals surface area contributed by atoms with Gasteiger partial charge in [0.2, 0.25) is 5.91 Å². The molecular weight excluding hydrogens is 458 g/mol. The van der Waals surface area contributed by atoms with E-state index in [9.17, 15) is 14.4 Å². The van der Waals surface area contributed by atoms with E-state index in [0.717, 1.165) is 4.90 Å². The van der Waals surface area contributed by atoms with Gasteiger partial charge in [-0.2, -0.15) is 0 Å². The minimum atomic E-state index is -1.05. The van der Waals surface area contributed by atoms with Crippen molar-refractivity contribution in [1.82, 2.24) is 4.90 Å². The molecule has 1 atom stereocenters. The Morgan fingerprint density at radius 2 is 1.48 bits per heavy atom. The standard InChI is InChI=1S/C20H16Cl4N2O3/c1-9(2)5-17(18(27)25-16-6-10(21)3-4-13(16)22)26-19(28)11-7-14(23)15(24)8-12(11)20(26)29/h3-4,6-9,17H,5H2,1-2H3,(H,25,27)/t17-/m0/s1. The van der Waals surface area contributed by atoms with E-state index in [2.05, 4.69) is 5.32 Å². The van der Waals surface area contributed by atoms with Crippen LogP contribution in [0.4, 0.5) is 5.69 Å². The van der Waals surface area contributed by atoms with Gasteiger partial charge in [0.25, 0.3) is 11.8 Å². The maximum absolute atomic E-state index is 13.1. The highest BCUT2D eigenvalue weighted by atomic mass is 35.5. The van der Waals surface area contributed by atoms with Gasteiger partial charge in [0.05, 0.1) is 31.9 Å². The quantitative estimate of drug-likeness (QED) is 0.545. The Morgan fingerprint density at radius 3 is 2.00 bits per heavy atom. The number of rotatable bonds is 5. The molecule has 1 N–H and O–H groups in total. The molecule has 3 rings (SSSR count). The molecule has 1 heterocycles. The second-order valence-electron chi connectivity index (χ2n) is 7.05. The number of nitrogens with one attached hydrogen (secondary N) is 1. The molecule has 0 aliphatic carbocycles. The maximum Gasteiger partial charge on any atom is 0.262 e. The van der Waals surface area contributed by atoms with Crippen LogP contribution in [0.5, 0.6) is 0 Å². The highest BCUT2D eigenvalue weighted by Crippen LogP contribution is 2.34. The number of carbonyl (C=O) groups excluding carboxylic acids is 3. The molecule has 0 bridgehead atoms. The van der Waals surface area contributed by atoms with Gasteiger partial charge in [0, 0.05) is 5.02 Å². The van der Waals surface area contributed by atoms with Crippen LogP contribution in [-0.4, -0.2) is 28.7 Å². The molecule has 3 amide bonds. The second-order valence-corrected chi connectivity index (χ2v) is 8.71. The van der Waals surface area contributed by atoms with Crippen LogP contribution in [0, 0.1) is 5.92 Å². The fourth-order valence-electron chi connectivity index (χ4n) is 3.12. The Hall–Kier alpha value is -1.79. The van der Waals surface area contributed by atoms with Crippen LogP contribution >= 0.6 is 46.4 Å². The maximum atomic E-state index is 13.1. The van der Waals surface area contributed by atoms with Crippen molar-refractivity contribution in [3.8, 4) is 0 Å². The van der Waals surface area contributed by atoms with E-state index in [1.165, 1.54) is 18.2 Å². The van der Waals surface area contributed by atoms with E-state index in [4.69, 9.17) is 46.4 Å². The summed E-state index contributed by atoms with van der Waals surface area (Å²) in [6.45, 7) is 3.77. The van der Waals surface area contributed by atoms with E-state index in [1.807, 2.05) is 13.8 Å². The fraction of sp³-hybridized carbons (Fsp3) is 0.250. The predicted octanol–water partition coefficient (Wildman–Crippen LogP) is 5.95. The van der Waals surface area contributed by atoms with Gasteiger partial charge in [0.15, 0.2) is 0 Å². The lowest BCUT2D eigenvalue weighted by molar-refractivity contribution is -0.120. The summed E-state index contributed by atoms with van der Waals surface area (Å²) in [4.78, 5) is 39.9. The molecular formula is C20H16Cl4N2O3. The fourth-order valence-corrected chi connectivity index (χ4v) is 3.79. The van der Waals surface area contributed by atoms with Crippen molar-refractivity contribution in [2.45, 2.75) is 26.3 Å². The molecule has 2 aromatic carbocycles. The van der Waals surface area contributed by atoms with E-state index >= 15 is 0 Å². The second kappa shape index (κ2) is 8.52. The smallest absolute Gasteiger partial charge is 0.262 e. The summed E-state index contributed by atoms with van der Waals surface area (Å²) in [5.41, 5.74) is 0.527. The van der Waals surface area contributed by atoms with Crippen LogP contribution in [0.1, 0.15) is 41.0 Å². The number of benzene rings is 2. The number of imide groups is 1. The number of carbonyl (C=O) groups is 3. The van der Waals surface area contributed by atoms with Gasteiger partial charge in [-0.05, 0) is 42.7 Å². The summed E-state index contributed by atoms with van der Waals surface area (Å²) in [7, 11) is 0. The zero-order valence-electron chi connectivity index (χ0n) is 15.4. The van der Waals surface area contributed by atoms with Crippen molar-refractivity contribution < 1.29 is 14.4 Å². The predicted molar refractivity (Wildman–Crippen MR) is 115 cm³/mol. The highest BCUT2D eigenvalue weighted by Gasteiger charge is 2.43. The number of amides is 3. The van der Waals surface area contributed by atoms with Gasteiger partial charge in [-0.3, -0.25) is 19.3 Å². The first-order valence-corrected chi connectivity index (χ1v) is 10.2. The van der Waals surface area contributed by atoms with E-state index in [-0.39, 0.29) is 38.5 Å². The number of nitrogens with zero attached hydrogens (tertiary/aromatic N) is 1. The summed E-state index contributed by atoms with van der Waals surface area (Å²) in [6.07, 6.45) is 0.261. The number of anilines is 1. The minimum Gasteiger partial charge on any atom is -0.323 e. The van der Waals surface area contributed by atoms with Crippen molar-refractivity contribution in [3.63, 3.8) is 0 Å². The average molecular weight is 474 g/mol. The molecule has 0 saturated carbocycles. The molecule has 152 valence electrons. The van der Waals surface area contributed by atoms with Gasteiger partial charge in [-0.15, -0.1) is 0 Å². The molecule has 0 unspecified atom stereocenters. The highest BCUT2D eigenvalue weighted by molar-refractivity contribution is 6.43. The van der Waals surface area contributed by atoms with Crippen molar-refractivity contribution in [2.24, 2.45) is 5.92 Å². The SMILES string of the molecule is CC(C)C[C@@H](C(=O)Nc1cc(Cl)ccc1Cl)N1C(=O)c2cc(Cl)c(Cl)cc2C1=O. The summed E-state index contributed by atoms with van der Waals surface area (Å²) in [5.74, 6) is -1.71. The molecule has 2 aromatic rings. The number of fused-ring (bicyclic) bond motifs is 1. The molecule has 29 heavy (non-hydrogen) atoms. The van der Waals surface area contributed by atoms with Crippen molar-refractivity contribution in [1.29, 1.82) is 0 Å². The van der Waals surface area contributed by atoms with Gasteiger partial charge < -0.3 is 5.32 Å². The third-order valence-corrected chi connectivity index (χ3v) is 5.74. The van der Waals surface area contributed by atoms with Crippen molar-refractivity contribution in [3.05, 3.63) is 61.5 Å². The zero-order chi connectivity index (χ0) is 21.5. The Morgan fingerprint density at radius 1 is 0.931 bits per heavy atom. The van der Waals surface area contributed by atoms with Crippen LogP contribution in [0.25, 0.3) is 0 Å². The summed E-state index contributed by atoms with van der Waals surface area (Å²) in [6, 6.07) is 6.27. The van der Waals surface area contributed by atoms with Crippen LogP contribution < -0.4 is 5.32 Å². The lowest BCUT2D eigenvalue weighted by atomic mass is 10.0. The number of hydrogen-bond acceptors (Lipinski definition) is 3. The van der Waals surface area contributed by atoms with Crippen LogP contribution in [0.3, 0.4) is 0 Å². The normalized spacial score (nSPS) is 14.4. The van der Waals surface area contributed by atoms with Gasteiger partial charge in [-0.1, -0.05) is 60.3 Å². The Labute approximate surface area is 187 Å². The van der Waals surface area contributed by atoms with Crippen LogP contribution in [-0.2, 0) is 4.79 Å². The van der Waals surface area contributed by atoms with Gasteiger partial charge >= 0.3 is 0 Å². The first-order valence-electron chi connectivity index (χ1n) is 8.73. The molecule has 0 radical (unpaired) electrons. The molecule has 5 nitrogen and oxygen atoms in total. The Bertz CT molecular complexity index is 982. The van der Waals surface area contributed by atoms with E-state index in [0.29, 0.717) is 10.7 Å². The van der Waals surface area contributed by atoms with E-state index in [1.54, 1.807) is 12.1 Å². The first kappa shape index (κ1) is 21.9. The number of hydrogen-bond donors (Lipinski definition) is 1. The third-order valence-electron chi connectivity index (χ3n) is 4.45. The third kappa shape index (κ3) is 4.38. The zero-order valence-corrected chi connectivity index (χ0v) is 18.5. The average Bonchev–Trinajstić information content (AvgIpc) is 2.87. The lowest BCUT2D eigenvalue weighted by Gasteiger charge is -2.27. The Balaban J connectivity index is 1.97. The topological polar surface area (TPSA) is 66.5 Å². The van der Waals surface area contributed by atoms with Crippen molar-refractivity contribution in [2.75, 3.05) is 5.32 Å². The molecule has 1 aliphatic heterocycles. The molecule has 0 spiro atoms. The van der Waals surface area contributed by atoms with E-state index < -0.39 is 23.8 Å². The molecule has 1 aliphatic rings. The number of halogens is 4. The molecule has 0 saturated heterocycles. The first-order chi connectivity index (χ1) is 13.6. The summed E-state index contributed by atoms with van der Waals surface area (Å²) in [5, 5.41) is 3.65. The van der Waals surface area contributed by atoms with Gasteiger partial charge in [-0.25, -0.2) is 0 Å². The van der Waals surface area contributed by atoms with Crippen molar-refractivity contribution >= 4 is 69.8 Å². The van der Waals surface area contributed by atoms with Crippen LogP contribution in [0.2, 0.25) is 20.1 Å². The van der Waals surface area contributed by atoms with Gasteiger partial charge in [0.1, 0.15) is 6.04 Å². The monoisotopic (exact) mass is 472 g/mol. The summed E-state index contributed by atoms with van der Waals surface area (Å²) < 4.78 is 0. The minimum absolute atomic E-state index is 0.0251. The lowest BCUT2D eigenvalue weighted by Crippen LogP contribution is -2.48. The molecule has 9 heteroatoms.